The highest BCUT2D eigenvalue weighted by Crippen LogP contribution is 2.35. The van der Waals surface area contributed by atoms with Crippen LogP contribution in [-0.2, 0) is 11.3 Å². The van der Waals surface area contributed by atoms with E-state index in [0.717, 1.165) is 20.8 Å². The number of hydrogen-bond donors (Lipinski definition) is 1. The number of carbonyl (C=O) groups excluding carboxylic acids is 1. The largest absolute Gasteiger partial charge is 0.351 e. The van der Waals surface area contributed by atoms with Crippen LogP contribution < -0.4 is 5.32 Å². The molecule has 0 bridgehead atoms. The zero-order valence-corrected chi connectivity index (χ0v) is 16.6. The second-order valence-corrected chi connectivity index (χ2v) is 8.65. The maximum atomic E-state index is 12.4. The van der Waals surface area contributed by atoms with Crippen LogP contribution in [0.2, 0.25) is 5.02 Å². The number of thiophene rings is 1. The summed E-state index contributed by atoms with van der Waals surface area (Å²) in [6.45, 7) is 6.45. The van der Waals surface area contributed by atoms with Crippen LogP contribution in [0, 0.1) is 13.8 Å². The molecule has 0 saturated carbocycles. The van der Waals surface area contributed by atoms with Gasteiger partial charge in [-0.1, -0.05) is 41.6 Å². The third-order valence-electron chi connectivity index (χ3n) is 4.00. The zero-order chi connectivity index (χ0) is 18.0. The Bertz CT molecular complexity index is 926. The second-order valence-electron chi connectivity index (χ2n) is 5.71. The van der Waals surface area contributed by atoms with E-state index in [9.17, 15) is 4.79 Å². The normalized spacial score (nSPS) is 12.3. The fourth-order valence-electron chi connectivity index (χ4n) is 2.43. The number of aromatic nitrogens is 2. The molecule has 130 valence electrons. The molecule has 2 aromatic heterocycles. The lowest BCUT2D eigenvalue weighted by Crippen LogP contribution is -2.30. The third kappa shape index (κ3) is 3.97. The van der Waals surface area contributed by atoms with Crippen molar-refractivity contribution in [2.75, 3.05) is 0 Å². The number of nitrogens with one attached hydrogen (secondary N) is 1. The summed E-state index contributed by atoms with van der Waals surface area (Å²) < 4.78 is 0. The Morgan fingerprint density at radius 3 is 2.84 bits per heavy atom. The van der Waals surface area contributed by atoms with Crippen molar-refractivity contribution >= 4 is 50.8 Å². The van der Waals surface area contributed by atoms with Crippen molar-refractivity contribution in [2.24, 2.45) is 0 Å². The Morgan fingerprint density at radius 2 is 2.08 bits per heavy atom. The fraction of sp³-hybridized carbons (Fsp3) is 0.278. The molecule has 3 rings (SSSR count). The fourth-order valence-corrected chi connectivity index (χ4v) is 4.69. The van der Waals surface area contributed by atoms with Crippen LogP contribution in [0.1, 0.15) is 22.9 Å². The molecule has 0 unspecified atom stereocenters. The maximum absolute atomic E-state index is 12.4. The van der Waals surface area contributed by atoms with Gasteiger partial charge in [0, 0.05) is 21.8 Å². The van der Waals surface area contributed by atoms with E-state index in [2.05, 4.69) is 29.1 Å². The summed E-state index contributed by atoms with van der Waals surface area (Å²) in [6, 6.07) is 7.51. The van der Waals surface area contributed by atoms with Crippen molar-refractivity contribution in [1.82, 2.24) is 15.3 Å². The van der Waals surface area contributed by atoms with Gasteiger partial charge in [-0.3, -0.25) is 4.79 Å². The summed E-state index contributed by atoms with van der Waals surface area (Å²) in [6.07, 6.45) is 1.56. The Morgan fingerprint density at radius 1 is 1.32 bits per heavy atom. The van der Waals surface area contributed by atoms with Crippen molar-refractivity contribution in [3.63, 3.8) is 0 Å². The van der Waals surface area contributed by atoms with Crippen LogP contribution in [0.15, 0.2) is 35.6 Å². The highest BCUT2D eigenvalue weighted by molar-refractivity contribution is 8.00. The molecule has 25 heavy (non-hydrogen) atoms. The first-order chi connectivity index (χ1) is 12.0. The highest BCUT2D eigenvalue weighted by Gasteiger charge is 2.19. The summed E-state index contributed by atoms with van der Waals surface area (Å²) in [5.74, 6) is -0.0405. The van der Waals surface area contributed by atoms with Gasteiger partial charge in [-0.25, -0.2) is 9.97 Å². The van der Waals surface area contributed by atoms with Crippen LogP contribution in [0.4, 0.5) is 0 Å². The Kier molecular flexibility index (Phi) is 5.61. The van der Waals surface area contributed by atoms with Gasteiger partial charge in [-0.2, -0.15) is 0 Å². The summed E-state index contributed by atoms with van der Waals surface area (Å²) >= 11 is 9.25. The van der Waals surface area contributed by atoms with Crippen LogP contribution >= 0.6 is 34.7 Å². The Labute approximate surface area is 160 Å². The predicted molar refractivity (Wildman–Crippen MR) is 106 cm³/mol. The van der Waals surface area contributed by atoms with Crippen molar-refractivity contribution in [2.45, 2.75) is 37.6 Å². The first-order valence-corrected chi connectivity index (χ1v) is 9.93. The van der Waals surface area contributed by atoms with Gasteiger partial charge in [0.05, 0.1) is 5.25 Å². The molecule has 0 aliphatic heterocycles. The lowest BCUT2D eigenvalue weighted by molar-refractivity contribution is -0.120. The lowest BCUT2D eigenvalue weighted by atomic mass is 10.2. The van der Waals surface area contributed by atoms with E-state index in [4.69, 9.17) is 11.6 Å². The molecule has 0 radical (unpaired) electrons. The standard InChI is InChI=1S/C18H18ClN3OS2/c1-10-11(2)24-17-15(10)18(22-9-21-17)25-12(3)16(23)20-8-13-6-4-5-7-14(13)19/h4-7,9,12H,8H2,1-3H3,(H,20,23)/t12-/m0/s1. The quantitative estimate of drug-likeness (QED) is 0.503. The van der Waals surface area contributed by atoms with Crippen LogP contribution in [0.5, 0.6) is 0 Å². The number of benzene rings is 1. The molecule has 1 amide bonds. The van der Waals surface area contributed by atoms with E-state index in [1.54, 1.807) is 17.7 Å². The zero-order valence-electron chi connectivity index (χ0n) is 14.2. The molecular formula is C18H18ClN3OS2. The number of fused-ring (bicyclic) bond motifs is 1. The average molecular weight is 392 g/mol. The van der Waals surface area contributed by atoms with Crippen LogP contribution in [0.3, 0.4) is 0 Å². The van der Waals surface area contributed by atoms with E-state index >= 15 is 0 Å². The Balaban J connectivity index is 1.71. The van der Waals surface area contributed by atoms with Gasteiger partial charge in [0.25, 0.3) is 0 Å². The van der Waals surface area contributed by atoms with Gasteiger partial charge in [-0.05, 0) is 38.0 Å². The van der Waals surface area contributed by atoms with Gasteiger partial charge in [0.1, 0.15) is 16.2 Å². The SMILES string of the molecule is Cc1sc2ncnc(S[C@@H](C)C(=O)NCc3ccccc3Cl)c2c1C. The summed E-state index contributed by atoms with van der Waals surface area (Å²) in [5.41, 5.74) is 2.09. The molecule has 0 aliphatic carbocycles. The van der Waals surface area contributed by atoms with Crippen molar-refractivity contribution in [1.29, 1.82) is 0 Å². The molecular weight excluding hydrogens is 374 g/mol. The van der Waals surface area contributed by atoms with Crippen LogP contribution in [-0.4, -0.2) is 21.1 Å². The number of hydrogen-bond acceptors (Lipinski definition) is 5. The predicted octanol–water partition coefficient (Wildman–Crippen LogP) is 4.76. The number of thioether (sulfide) groups is 1. The average Bonchev–Trinajstić information content (AvgIpc) is 2.89. The molecule has 0 fully saturated rings. The number of halogens is 1. The molecule has 1 aromatic carbocycles. The minimum absolute atomic E-state index is 0.0405. The molecule has 0 saturated heterocycles. The molecule has 0 aliphatic rings. The minimum atomic E-state index is -0.264. The van der Waals surface area contributed by atoms with Gasteiger partial charge in [0.2, 0.25) is 5.91 Å². The minimum Gasteiger partial charge on any atom is -0.351 e. The van der Waals surface area contributed by atoms with E-state index in [1.165, 1.54) is 22.2 Å². The van der Waals surface area contributed by atoms with Gasteiger partial charge >= 0.3 is 0 Å². The molecule has 3 aromatic rings. The number of aryl methyl sites for hydroxylation is 2. The summed E-state index contributed by atoms with van der Waals surface area (Å²) in [5, 5.41) is 5.25. The third-order valence-corrected chi connectivity index (χ3v) is 6.58. The molecule has 4 nitrogen and oxygen atoms in total. The molecule has 7 heteroatoms. The van der Waals surface area contributed by atoms with E-state index < -0.39 is 0 Å². The van der Waals surface area contributed by atoms with Gasteiger partial charge in [0.15, 0.2) is 0 Å². The first-order valence-electron chi connectivity index (χ1n) is 7.86. The number of carbonyl (C=O) groups is 1. The van der Waals surface area contributed by atoms with E-state index in [1.807, 2.05) is 31.2 Å². The molecule has 0 spiro atoms. The van der Waals surface area contributed by atoms with E-state index in [0.29, 0.717) is 11.6 Å². The topological polar surface area (TPSA) is 54.9 Å². The van der Waals surface area contributed by atoms with Gasteiger partial charge in [-0.15, -0.1) is 11.3 Å². The Hall–Kier alpha value is -1.63. The second kappa shape index (κ2) is 7.72. The molecule has 1 atom stereocenters. The first kappa shape index (κ1) is 18.2. The van der Waals surface area contributed by atoms with Gasteiger partial charge < -0.3 is 5.32 Å². The van der Waals surface area contributed by atoms with E-state index in [-0.39, 0.29) is 11.2 Å². The molecule has 2 heterocycles. The van der Waals surface area contributed by atoms with Crippen LogP contribution in [0.25, 0.3) is 10.2 Å². The van der Waals surface area contributed by atoms with Crippen molar-refractivity contribution in [3.8, 4) is 0 Å². The number of amides is 1. The van der Waals surface area contributed by atoms with Crippen molar-refractivity contribution in [3.05, 3.63) is 51.6 Å². The summed E-state index contributed by atoms with van der Waals surface area (Å²) in [4.78, 5) is 23.4. The molecule has 1 N–H and O–H groups in total. The highest BCUT2D eigenvalue weighted by atomic mass is 35.5. The monoisotopic (exact) mass is 391 g/mol. The number of nitrogens with zero attached hydrogens (tertiary/aromatic N) is 2. The maximum Gasteiger partial charge on any atom is 0.233 e. The lowest BCUT2D eigenvalue weighted by Gasteiger charge is -2.13. The summed E-state index contributed by atoms with van der Waals surface area (Å²) in [7, 11) is 0. The number of rotatable bonds is 5. The smallest absolute Gasteiger partial charge is 0.233 e. The van der Waals surface area contributed by atoms with Crippen molar-refractivity contribution < 1.29 is 4.79 Å².